The zero-order valence-corrected chi connectivity index (χ0v) is 11.7. The van der Waals surface area contributed by atoms with E-state index < -0.39 is 0 Å². The molecule has 0 saturated heterocycles. The molecule has 0 aliphatic heterocycles. The molecular formula is C13H14FN3O2S. The highest BCUT2D eigenvalue weighted by atomic mass is 32.2. The minimum Gasteiger partial charge on any atom is -0.399 e. The topological polar surface area (TPSA) is 81.2 Å². The summed E-state index contributed by atoms with van der Waals surface area (Å²) in [7, 11) is 0. The maximum Gasteiger partial charge on any atom is 0.226 e. The Balaban J connectivity index is 1.79. The van der Waals surface area contributed by atoms with E-state index in [1.54, 1.807) is 25.1 Å². The van der Waals surface area contributed by atoms with Crippen molar-refractivity contribution in [3.8, 4) is 0 Å². The number of nitrogens with one attached hydrogen (secondary N) is 1. The van der Waals surface area contributed by atoms with Crippen LogP contribution in [0.3, 0.4) is 0 Å². The third kappa shape index (κ3) is 3.99. The summed E-state index contributed by atoms with van der Waals surface area (Å²) in [5.41, 5.74) is 5.84. The van der Waals surface area contributed by atoms with Gasteiger partial charge in [0.25, 0.3) is 0 Å². The predicted molar refractivity (Wildman–Crippen MR) is 76.0 cm³/mol. The summed E-state index contributed by atoms with van der Waals surface area (Å²) in [6.45, 7) is 1.74. The number of nitrogens with zero attached hydrogens (tertiary/aromatic N) is 1. The molecule has 1 aromatic heterocycles. The van der Waals surface area contributed by atoms with Crippen LogP contribution in [-0.2, 0) is 4.79 Å². The highest BCUT2D eigenvalue weighted by Crippen LogP contribution is 2.24. The maximum atomic E-state index is 13.5. The number of nitrogen functional groups attached to an aromatic ring is 1. The highest BCUT2D eigenvalue weighted by Gasteiger charge is 2.08. The van der Waals surface area contributed by atoms with Gasteiger partial charge in [0.15, 0.2) is 5.82 Å². The van der Waals surface area contributed by atoms with Crippen molar-refractivity contribution in [3.05, 3.63) is 35.8 Å². The number of amides is 1. The van der Waals surface area contributed by atoms with Crippen LogP contribution in [0.4, 0.5) is 15.9 Å². The summed E-state index contributed by atoms with van der Waals surface area (Å²) in [4.78, 5) is 12.1. The Hall–Kier alpha value is -2.02. The molecule has 0 aliphatic carbocycles. The first kappa shape index (κ1) is 14.4. The zero-order chi connectivity index (χ0) is 14.5. The SMILES string of the molecule is Cc1cc(NC(=O)CCSc2ccc(N)cc2F)no1. The second-order valence-corrected chi connectivity index (χ2v) is 5.30. The van der Waals surface area contributed by atoms with Gasteiger partial charge in [0, 0.05) is 28.8 Å². The number of hydrogen-bond acceptors (Lipinski definition) is 5. The van der Waals surface area contributed by atoms with E-state index in [4.69, 9.17) is 10.3 Å². The summed E-state index contributed by atoms with van der Waals surface area (Å²) in [6.07, 6.45) is 0.250. The fourth-order valence-corrected chi connectivity index (χ4v) is 2.39. The van der Waals surface area contributed by atoms with Crippen LogP contribution in [0.15, 0.2) is 33.7 Å². The second kappa shape index (κ2) is 6.42. The smallest absolute Gasteiger partial charge is 0.226 e. The number of carbonyl (C=O) groups excluding carboxylic acids is 1. The van der Waals surface area contributed by atoms with Crippen molar-refractivity contribution in [2.45, 2.75) is 18.2 Å². The molecule has 5 nitrogen and oxygen atoms in total. The molecule has 3 N–H and O–H groups in total. The van der Waals surface area contributed by atoms with E-state index in [-0.39, 0.29) is 18.1 Å². The Morgan fingerprint density at radius 2 is 2.30 bits per heavy atom. The second-order valence-electron chi connectivity index (χ2n) is 4.16. The van der Waals surface area contributed by atoms with Gasteiger partial charge in [0.2, 0.25) is 5.91 Å². The number of nitrogens with two attached hydrogens (primary N) is 1. The highest BCUT2D eigenvalue weighted by molar-refractivity contribution is 7.99. The average molecular weight is 295 g/mol. The van der Waals surface area contributed by atoms with E-state index in [9.17, 15) is 9.18 Å². The minimum atomic E-state index is -0.373. The lowest BCUT2D eigenvalue weighted by molar-refractivity contribution is -0.115. The molecule has 0 fully saturated rings. The van der Waals surface area contributed by atoms with Crippen LogP contribution >= 0.6 is 11.8 Å². The van der Waals surface area contributed by atoms with E-state index in [0.717, 1.165) is 0 Å². The van der Waals surface area contributed by atoms with Crippen LogP contribution in [-0.4, -0.2) is 16.8 Å². The van der Waals surface area contributed by atoms with Crippen molar-refractivity contribution in [2.75, 3.05) is 16.8 Å². The summed E-state index contributed by atoms with van der Waals surface area (Å²) < 4.78 is 18.3. The lowest BCUT2D eigenvalue weighted by Gasteiger charge is -2.04. The number of thioether (sulfide) groups is 1. The number of aromatic nitrogens is 1. The van der Waals surface area contributed by atoms with Gasteiger partial charge in [-0.05, 0) is 25.1 Å². The summed E-state index contributed by atoms with van der Waals surface area (Å²) >= 11 is 1.26. The Morgan fingerprint density at radius 3 is 2.95 bits per heavy atom. The van der Waals surface area contributed by atoms with E-state index in [1.807, 2.05) is 0 Å². The van der Waals surface area contributed by atoms with Crippen LogP contribution in [0.25, 0.3) is 0 Å². The van der Waals surface area contributed by atoms with Gasteiger partial charge >= 0.3 is 0 Å². The van der Waals surface area contributed by atoms with Crippen molar-refractivity contribution in [2.24, 2.45) is 0 Å². The monoisotopic (exact) mass is 295 g/mol. The molecule has 2 aromatic rings. The third-order valence-electron chi connectivity index (χ3n) is 2.44. The first-order valence-electron chi connectivity index (χ1n) is 5.95. The zero-order valence-electron chi connectivity index (χ0n) is 10.9. The first-order valence-corrected chi connectivity index (χ1v) is 6.94. The molecule has 0 spiro atoms. The van der Waals surface area contributed by atoms with Crippen LogP contribution < -0.4 is 11.1 Å². The van der Waals surface area contributed by atoms with Crippen LogP contribution in [0.1, 0.15) is 12.2 Å². The molecule has 2 rings (SSSR count). The van der Waals surface area contributed by atoms with Crippen LogP contribution in [0.5, 0.6) is 0 Å². The Labute approximate surface area is 119 Å². The fourth-order valence-electron chi connectivity index (χ4n) is 1.52. The largest absolute Gasteiger partial charge is 0.399 e. The number of hydrogen-bond donors (Lipinski definition) is 2. The number of halogens is 1. The summed E-state index contributed by atoms with van der Waals surface area (Å²) in [6, 6.07) is 6.13. The van der Waals surface area contributed by atoms with E-state index in [0.29, 0.717) is 27.9 Å². The van der Waals surface area contributed by atoms with Gasteiger partial charge in [-0.2, -0.15) is 0 Å². The van der Waals surface area contributed by atoms with Gasteiger partial charge in [-0.1, -0.05) is 5.16 Å². The minimum absolute atomic E-state index is 0.193. The lowest BCUT2D eigenvalue weighted by atomic mass is 10.3. The van der Waals surface area contributed by atoms with E-state index in [2.05, 4.69) is 10.5 Å². The molecule has 0 unspecified atom stereocenters. The number of benzene rings is 1. The first-order chi connectivity index (χ1) is 9.54. The number of anilines is 2. The third-order valence-corrected chi connectivity index (χ3v) is 3.49. The molecular weight excluding hydrogens is 281 g/mol. The molecule has 106 valence electrons. The molecule has 0 bridgehead atoms. The Bertz CT molecular complexity index is 615. The van der Waals surface area contributed by atoms with Crippen LogP contribution in [0, 0.1) is 12.7 Å². The lowest BCUT2D eigenvalue weighted by Crippen LogP contribution is -2.12. The average Bonchev–Trinajstić information content (AvgIpc) is 2.77. The van der Waals surface area contributed by atoms with Crippen molar-refractivity contribution in [3.63, 3.8) is 0 Å². The predicted octanol–water partition coefficient (Wildman–Crippen LogP) is 2.83. The van der Waals surface area contributed by atoms with Gasteiger partial charge in [-0.15, -0.1) is 11.8 Å². The van der Waals surface area contributed by atoms with Gasteiger partial charge in [-0.3, -0.25) is 4.79 Å². The van der Waals surface area contributed by atoms with Gasteiger partial charge in [0.1, 0.15) is 11.6 Å². The molecule has 0 atom stereocenters. The normalized spacial score (nSPS) is 10.5. The molecule has 7 heteroatoms. The maximum absolute atomic E-state index is 13.5. The van der Waals surface area contributed by atoms with E-state index >= 15 is 0 Å². The number of carbonyl (C=O) groups is 1. The Kier molecular flexibility index (Phi) is 4.62. The molecule has 20 heavy (non-hydrogen) atoms. The Morgan fingerprint density at radius 1 is 1.50 bits per heavy atom. The van der Waals surface area contributed by atoms with Gasteiger partial charge in [0.05, 0.1) is 0 Å². The molecule has 1 aromatic carbocycles. The molecule has 0 radical (unpaired) electrons. The molecule has 1 amide bonds. The van der Waals surface area contributed by atoms with Crippen LogP contribution in [0.2, 0.25) is 0 Å². The summed E-state index contributed by atoms with van der Waals surface area (Å²) in [5, 5.41) is 6.26. The van der Waals surface area contributed by atoms with Gasteiger partial charge in [-0.25, -0.2) is 4.39 Å². The number of rotatable bonds is 5. The van der Waals surface area contributed by atoms with Crippen molar-refractivity contribution >= 4 is 29.2 Å². The molecule has 1 heterocycles. The van der Waals surface area contributed by atoms with E-state index in [1.165, 1.54) is 17.8 Å². The fraction of sp³-hybridized carbons (Fsp3) is 0.231. The van der Waals surface area contributed by atoms with Crippen molar-refractivity contribution in [1.82, 2.24) is 5.16 Å². The van der Waals surface area contributed by atoms with Crippen molar-refractivity contribution in [1.29, 1.82) is 0 Å². The number of aryl methyl sites for hydroxylation is 1. The standard InChI is InChI=1S/C13H14FN3O2S/c1-8-6-12(17-19-8)16-13(18)4-5-20-11-3-2-9(15)7-10(11)14/h2-3,6-7H,4-5,15H2,1H3,(H,16,17,18). The summed E-state index contributed by atoms with van der Waals surface area (Å²) in [5.74, 6) is 0.905. The van der Waals surface area contributed by atoms with Gasteiger partial charge < -0.3 is 15.6 Å². The molecule has 0 aliphatic rings. The quantitative estimate of drug-likeness (QED) is 0.655. The molecule has 0 saturated carbocycles. The van der Waals surface area contributed by atoms with Crippen molar-refractivity contribution < 1.29 is 13.7 Å².